The lowest BCUT2D eigenvalue weighted by molar-refractivity contribution is 0.111. The van der Waals surface area contributed by atoms with E-state index in [1.165, 1.54) is 0 Å². The average molecular weight is 303 g/mol. The zero-order valence-electron chi connectivity index (χ0n) is 9.63. The predicted octanol–water partition coefficient (Wildman–Crippen LogP) is 0.639. The SMILES string of the molecule is Cc1nnc2n1CCN(C1CNC1)C2.Cl.Cl.Cl. The Morgan fingerprint density at radius 3 is 2.41 bits per heavy atom. The molecule has 1 saturated heterocycles. The summed E-state index contributed by atoms with van der Waals surface area (Å²) in [6, 6.07) is 0.723. The van der Waals surface area contributed by atoms with Crippen LogP contribution in [0.4, 0.5) is 0 Å². The van der Waals surface area contributed by atoms with Crippen molar-refractivity contribution >= 4 is 37.2 Å². The number of rotatable bonds is 1. The van der Waals surface area contributed by atoms with E-state index in [1.54, 1.807) is 0 Å². The molecule has 1 N–H and O–H groups in total. The van der Waals surface area contributed by atoms with Gasteiger partial charge in [-0.05, 0) is 6.92 Å². The Bertz CT molecular complexity index is 352. The first-order chi connectivity index (χ1) is 6.84. The zero-order valence-corrected chi connectivity index (χ0v) is 12.1. The molecular formula is C9H18Cl3N5. The van der Waals surface area contributed by atoms with Crippen molar-refractivity contribution in [2.24, 2.45) is 0 Å². The van der Waals surface area contributed by atoms with Crippen molar-refractivity contribution in [2.45, 2.75) is 26.1 Å². The van der Waals surface area contributed by atoms with Crippen molar-refractivity contribution in [3.05, 3.63) is 11.6 Å². The molecule has 1 aromatic rings. The fourth-order valence-electron chi connectivity index (χ4n) is 2.17. The van der Waals surface area contributed by atoms with Crippen molar-refractivity contribution in [1.29, 1.82) is 0 Å². The Balaban J connectivity index is 0.000000853. The van der Waals surface area contributed by atoms with E-state index in [2.05, 4.69) is 25.0 Å². The van der Waals surface area contributed by atoms with E-state index in [4.69, 9.17) is 0 Å². The van der Waals surface area contributed by atoms with Gasteiger partial charge in [-0.1, -0.05) is 0 Å². The van der Waals surface area contributed by atoms with Crippen molar-refractivity contribution in [3.63, 3.8) is 0 Å². The van der Waals surface area contributed by atoms with Gasteiger partial charge in [-0.2, -0.15) is 0 Å². The standard InChI is InChI=1S/C9H15N5.3ClH/c1-7-11-12-9-6-13(2-3-14(7)9)8-4-10-5-8;;;/h8,10H,2-6H2,1H3;3*1H. The Kier molecular flexibility index (Phi) is 6.73. The van der Waals surface area contributed by atoms with Crippen molar-refractivity contribution in [1.82, 2.24) is 25.0 Å². The molecule has 0 atom stereocenters. The maximum Gasteiger partial charge on any atom is 0.147 e. The summed E-state index contributed by atoms with van der Waals surface area (Å²) in [6.07, 6.45) is 0. The van der Waals surface area contributed by atoms with Crippen LogP contribution in [0.3, 0.4) is 0 Å². The van der Waals surface area contributed by atoms with Crippen LogP contribution in [0.1, 0.15) is 11.6 Å². The maximum atomic E-state index is 4.20. The molecule has 0 aromatic carbocycles. The lowest BCUT2D eigenvalue weighted by Crippen LogP contribution is -2.58. The Hall–Kier alpha value is -0.0700. The molecule has 8 heteroatoms. The van der Waals surface area contributed by atoms with E-state index in [9.17, 15) is 0 Å². The maximum absolute atomic E-state index is 4.20. The molecule has 1 fully saturated rings. The van der Waals surface area contributed by atoms with Crippen LogP contribution in [0.25, 0.3) is 0 Å². The zero-order chi connectivity index (χ0) is 9.54. The minimum Gasteiger partial charge on any atom is -0.314 e. The highest BCUT2D eigenvalue weighted by Crippen LogP contribution is 2.15. The second-order valence-electron chi connectivity index (χ2n) is 4.10. The minimum atomic E-state index is 0. The molecule has 0 saturated carbocycles. The van der Waals surface area contributed by atoms with E-state index in [1.807, 2.05) is 6.92 Å². The molecule has 100 valence electrons. The van der Waals surface area contributed by atoms with E-state index in [-0.39, 0.29) is 37.2 Å². The Morgan fingerprint density at radius 1 is 1.12 bits per heavy atom. The van der Waals surface area contributed by atoms with Gasteiger partial charge >= 0.3 is 0 Å². The molecule has 0 bridgehead atoms. The third-order valence-corrected chi connectivity index (χ3v) is 3.24. The van der Waals surface area contributed by atoms with Crippen LogP contribution in [0.15, 0.2) is 0 Å². The summed E-state index contributed by atoms with van der Waals surface area (Å²) >= 11 is 0. The summed E-state index contributed by atoms with van der Waals surface area (Å²) in [5, 5.41) is 11.6. The molecule has 2 aliphatic heterocycles. The highest BCUT2D eigenvalue weighted by atomic mass is 35.5. The van der Waals surface area contributed by atoms with Gasteiger partial charge in [0.15, 0.2) is 0 Å². The fraction of sp³-hybridized carbons (Fsp3) is 0.778. The molecule has 2 aliphatic rings. The Morgan fingerprint density at radius 2 is 1.82 bits per heavy atom. The molecule has 0 aliphatic carbocycles. The first-order valence-corrected chi connectivity index (χ1v) is 5.18. The quantitative estimate of drug-likeness (QED) is 0.827. The normalized spacial score (nSPS) is 19.1. The van der Waals surface area contributed by atoms with Crippen LogP contribution in [0.2, 0.25) is 0 Å². The summed E-state index contributed by atoms with van der Waals surface area (Å²) in [7, 11) is 0. The lowest BCUT2D eigenvalue weighted by Gasteiger charge is -2.40. The van der Waals surface area contributed by atoms with Crippen LogP contribution in [-0.2, 0) is 13.1 Å². The van der Waals surface area contributed by atoms with Gasteiger partial charge < -0.3 is 9.88 Å². The van der Waals surface area contributed by atoms with Gasteiger partial charge in [0.25, 0.3) is 0 Å². The molecule has 0 spiro atoms. The summed E-state index contributed by atoms with van der Waals surface area (Å²) < 4.78 is 2.22. The average Bonchev–Trinajstić information content (AvgIpc) is 2.45. The van der Waals surface area contributed by atoms with Gasteiger partial charge in [0.05, 0.1) is 6.54 Å². The summed E-state index contributed by atoms with van der Waals surface area (Å²) in [4.78, 5) is 2.50. The summed E-state index contributed by atoms with van der Waals surface area (Å²) in [5.41, 5.74) is 0. The van der Waals surface area contributed by atoms with Crippen molar-refractivity contribution < 1.29 is 0 Å². The molecule has 3 heterocycles. The number of hydrogen-bond donors (Lipinski definition) is 1. The van der Waals surface area contributed by atoms with Crippen LogP contribution < -0.4 is 5.32 Å². The van der Waals surface area contributed by atoms with Crippen molar-refractivity contribution in [3.8, 4) is 0 Å². The van der Waals surface area contributed by atoms with Gasteiger partial charge in [-0.3, -0.25) is 4.90 Å². The minimum absolute atomic E-state index is 0. The first-order valence-electron chi connectivity index (χ1n) is 5.18. The summed E-state index contributed by atoms with van der Waals surface area (Å²) in [6.45, 7) is 7.44. The summed E-state index contributed by atoms with van der Waals surface area (Å²) in [5.74, 6) is 2.17. The van der Waals surface area contributed by atoms with E-state index in [0.29, 0.717) is 0 Å². The highest BCUT2D eigenvalue weighted by molar-refractivity contribution is 5.86. The van der Waals surface area contributed by atoms with E-state index in [0.717, 1.165) is 50.4 Å². The van der Waals surface area contributed by atoms with Crippen LogP contribution in [0.5, 0.6) is 0 Å². The van der Waals surface area contributed by atoms with E-state index >= 15 is 0 Å². The molecule has 1 aromatic heterocycles. The lowest BCUT2D eigenvalue weighted by atomic mass is 10.1. The van der Waals surface area contributed by atoms with Gasteiger partial charge in [-0.25, -0.2) is 0 Å². The van der Waals surface area contributed by atoms with Gasteiger partial charge in [-0.15, -0.1) is 47.4 Å². The molecule has 3 rings (SSSR count). The molecular weight excluding hydrogens is 284 g/mol. The van der Waals surface area contributed by atoms with E-state index < -0.39 is 0 Å². The molecule has 0 radical (unpaired) electrons. The molecule has 0 amide bonds. The second kappa shape index (κ2) is 6.75. The van der Waals surface area contributed by atoms with Gasteiger partial charge in [0.1, 0.15) is 11.6 Å². The molecule has 0 unspecified atom stereocenters. The van der Waals surface area contributed by atoms with Crippen LogP contribution in [-0.4, -0.2) is 45.3 Å². The number of aromatic nitrogens is 3. The van der Waals surface area contributed by atoms with Gasteiger partial charge in [0.2, 0.25) is 0 Å². The molecule has 17 heavy (non-hydrogen) atoms. The Labute approximate surface area is 120 Å². The number of nitrogens with one attached hydrogen (secondary N) is 1. The monoisotopic (exact) mass is 301 g/mol. The number of aryl methyl sites for hydroxylation is 1. The third-order valence-electron chi connectivity index (χ3n) is 3.24. The number of halogens is 3. The number of fused-ring (bicyclic) bond motifs is 1. The number of hydrogen-bond acceptors (Lipinski definition) is 4. The first kappa shape index (κ1) is 16.9. The number of nitrogens with zero attached hydrogens (tertiary/aromatic N) is 4. The third kappa shape index (κ3) is 3.03. The van der Waals surface area contributed by atoms with Crippen molar-refractivity contribution in [2.75, 3.05) is 19.6 Å². The highest BCUT2D eigenvalue weighted by Gasteiger charge is 2.28. The predicted molar refractivity (Wildman–Crippen MR) is 73.6 cm³/mol. The smallest absolute Gasteiger partial charge is 0.147 e. The molecule has 5 nitrogen and oxygen atoms in total. The topological polar surface area (TPSA) is 46.0 Å². The fourth-order valence-corrected chi connectivity index (χ4v) is 2.17. The second-order valence-corrected chi connectivity index (χ2v) is 4.10. The largest absolute Gasteiger partial charge is 0.314 e. The van der Waals surface area contributed by atoms with Crippen LogP contribution >= 0.6 is 37.2 Å². The van der Waals surface area contributed by atoms with Gasteiger partial charge in [0, 0.05) is 32.2 Å². The van der Waals surface area contributed by atoms with Crippen LogP contribution in [0, 0.1) is 6.92 Å².